The Hall–Kier alpha value is -0.610. The molecular weight excluding hydrogens is 352 g/mol. The van der Waals surface area contributed by atoms with Gasteiger partial charge in [-0.15, -0.1) is 0 Å². The molecule has 0 aliphatic heterocycles. The molecule has 0 unspecified atom stereocenters. The van der Waals surface area contributed by atoms with E-state index in [2.05, 4.69) is 20.8 Å². The van der Waals surface area contributed by atoms with Crippen molar-refractivity contribution in [2.75, 3.05) is 0 Å². The van der Waals surface area contributed by atoms with E-state index in [1.54, 1.807) is 0 Å². The van der Waals surface area contributed by atoms with Gasteiger partial charge in [0.1, 0.15) is 0 Å². The van der Waals surface area contributed by atoms with E-state index in [4.69, 9.17) is 5.11 Å². The van der Waals surface area contributed by atoms with Gasteiger partial charge in [-0.1, -0.05) is 20.8 Å². The van der Waals surface area contributed by atoms with Gasteiger partial charge < -0.3 is 15.3 Å². The van der Waals surface area contributed by atoms with E-state index in [0.29, 0.717) is 35.5 Å². The molecule has 0 aromatic carbocycles. The molecule has 0 saturated heterocycles. The first-order valence-corrected chi connectivity index (χ1v) is 11.8. The second-order valence-corrected chi connectivity index (χ2v) is 11.3. The van der Waals surface area contributed by atoms with Crippen molar-refractivity contribution in [1.29, 1.82) is 0 Å². The number of carboxylic acids is 1. The highest BCUT2D eigenvalue weighted by Crippen LogP contribution is 2.68. The van der Waals surface area contributed by atoms with Crippen molar-refractivity contribution in [2.24, 2.45) is 46.3 Å². The number of hydrogen-bond acceptors (Lipinski definition) is 3. The molecular formula is C24H40O4. The van der Waals surface area contributed by atoms with Crippen molar-refractivity contribution < 1.29 is 20.1 Å². The Kier molecular flexibility index (Phi) is 5.36. The highest BCUT2D eigenvalue weighted by atomic mass is 16.4. The molecule has 4 aliphatic carbocycles. The highest BCUT2D eigenvalue weighted by Gasteiger charge is 2.63. The molecule has 3 N–H and O–H groups in total. The number of aliphatic hydroxyl groups is 2. The van der Waals surface area contributed by atoms with Crippen molar-refractivity contribution in [3.05, 3.63) is 0 Å². The zero-order valence-corrected chi connectivity index (χ0v) is 17.9. The van der Waals surface area contributed by atoms with Crippen LogP contribution < -0.4 is 0 Å². The molecule has 0 heterocycles. The average molecular weight is 393 g/mol. The summed E-state index contributed by atoms with van der Waals surface area (Å²) in [5, 5.41) is 30.8. The largest absolute Gasteiger partial charge is 0.481 e. The summed E-state index contributed by atoms with van der Waals surface area (Å²) in [7, 11) is 0. The Bertz CT molecular complexity index is 605. The number of carbonyl (C=O) groups is 1. The van der Waals surface area contributed by atoms with Crippen LogP contribution in [0, 0.1) is 46.3 Å². The number of aliphatic hydroxyl groups excluding tert-OH is 2. The number of aliphatic carboxylic acids is 1. The minimum absolute atomic E-state index is 0.0591. The molecule has 10 atom stereocenters. The second-order valence-electron chi connectivity index (χ2n) is 11.3. The topological polar surface area (TPSA) is 77.8 Å². The van der Waals surface area contributed by atoms with E-state index in [9.17, 15) is 15.0 Å². The standard InChI is InChI=1S/C24H40O4/c1-14(4-9-22(27)28)18-7-8-19-17-6-5-15-12-16(25)10-11-23(15,2)20(17)13-21(26)24(18,19)3/h14-21,25-26H,4-13H2,1-3H3,(H,27,28)/t14-,15+,16+,17+,18+,19-,20+,21-,23+,24-/m1/s1. The summed E-state index contributed by atoms with van der Waals surface area (Å²) in [6.45, 7) is 6.99. The number of fused-ring (bicyclic) bond motifs is 5. The highest BCUT2D eigenvalue weighted by molar-refractivity contribution is 5.66. The third kappa shape index (κ3) is 3.05. The summed E-state index contributed by atoms with van der Waals surface area (Å²) in [4.78, 5) is 11.1. The fourth-order valence-corrected chi connectivity index (χ4v) is 8.71. The van der Waals surface area contributed by atoms with Crippen molar-refractivity contribution in [3.63, 3.8) is 0 Å². The molecule has 28 heavy (non-hydrogen) atoms. The smallest absolute Gasteiger partial charge is 0.303 e. The average Bonchev–Trinajstić information content (AvgIpc) is 3.00. The number of hydrogen-bond donors (Lipinski definition) is 3. The maximum Gasteiger partial charge on any atom is 0.303 e. The molecule has 4 fully saturated rings. The third-order valence-corrected chi connectivity index (χ3v) is 10.3. The second kappa shape index (κ2) is 7.27. The lowest BCUT2D eigenvalue weighted by molar-refractivity contribution is -0.175. The fourth-order valence-electron chi connectivity index (χ4n) is 8.71. The Labute approximate surface area is 170 Å². The summed E-state index contributed by atoms with van der Waals surface area (Å²) in [5.41, 5.74) is 0.216. The van der Waals surface area contributed by atoms with E-state index >= 15 is 0 Å². The maximum atomic E-state index is 11.5. The third-order valence-electron chi connectivity index (χ3n) is 10.3. The molecule has 160 valence electrons. The van der Waals surface area contributed by atoms with Gasteiger partial charge in [0, 0.05) is 6.42 Å². The molecule has 4 heteroatoms. The van der Waals surface area contributed by atoms with Gasteiger partial charge in [0.05, 0.1) is 12.2 Å². The molecule has 4 aliphatic rings. The fraction of sp³-hybridized carbons (Fsp3) is 0.958. The molecule has 0 amide bonds. The van der Waals surface area contributed by atoms with E-state index in [-0.39, 0.29) is 29.5 Å². The minimum atomic E-state index is -0.707. The summed E-state index contributed by atoms with van der Waals surface area (Å²) in [5.74, 6) is 2.55. The van der Waals surface area contributed by atoms with Crippen LogP contribution in [0.3, 0.4) is 0 Å². The molecule has 4 rings (SSSR count). The lowest BCUT2D eigenvalue weighted by Crippen LogP contribution is -2.58. The summed E-state index contributed by atoms with van der Waals surface area (Å²) < 4.78 is 0. The van der Waals surface area contributed by atoms with Crippen molar-refractivity contribution in [3.8, 4) is 0 Å². The lowest BCUT2D eigenvalue weighted by atomic mass is 9.43. The predicted molar refractivity (Wildman–Crippen MR) is 109 cm³/mol. The van der Waals surface area contributed by atoms with E-state index in [1.165, 1.54) is 19.3 Å². The number of carboxylic acid groups (broad SMARTS) is 1. The monoisotopic (exact) mass is 392 g/mol. The predicted octanol–water partition coefficient (Wildman–Crippen LogP) is 4.48. The Morgan fingerprint density at radius 1 is 1.04 bits per heavy atom. The summed E-state index contributed by atoms with van der Waals surface area (Å²) in [6, 6.07) is 0. The summed E-state index contributed by atoms with van der Waals surface area (Å²) >= 11 is 0. The Morgan fingerprint density at radius 3 is 2.50 bits per heavy atom. The van der Waals surface area contributed by atoms with Crippen molar-refractivity contribution >= 4 is 5.97 Å². The normalized spacial score (nSPS) is 51.7. The van der Waals surface area contributed by atoms with Crippen LogP contribution in [0.15, 0.2) is 0 Å². The van der Waals surface area contributed by atoms with E-state index in [1.807, 2.05) is 0 Å². The van der Waals surface area contributed by atoms with Crippen LogP contribution >= 0.6 is 0 Å². The Morgan fingerprint density at radius 2 is 1.79 bits per heavy atom. The zero-order chi connectivity index (χ0) is 20.3. The van der Waals surface area contributed by atoms with Crippen LogP contribution in [0.2, 0.25) is 0 Å². The maximum absolute atomic E-state index is 11.5. The minimum Gasteiger partial charge on any atom is -0.481 e. The lowest BCUT2D eigenvalue weighted by Gasteiger charge is -2.62. The first kappa shape index (κ1) is 20.7. The van der Waals surface area contributed by atoms with Crippen LogP contribution in [0.25, 0.3) is 0 Å². The first-order valence-electron chi connectivity index (χ1n) is 11.8. The molecule has 0 aromatic rings. The molecule has 0 aromatic heterocycles. The van der Waals surface area contributed by atoms with Gasteiger partial charge in [-0.05, 0) is 104 Å². The van der Waals surface area contributed by atoms with E-state index in [0.717, 1.165) is 38.5 Å². The van der Waals surface area contributed by atoms with Gasteiger partial charge >= 0.3 is 5.97 Å². The van der Waals surface area contributed by atoms with Gasteiger partial charge in [-0.2, -0.15) is 0 Å². The van der Waals surface area contributed by atoms with Gasteiger partial charge in [0.15, 0.2) is 0 Å². The van der Waals surface area contributed by atoms with Gasteiger partial charge in [0.2, 0.25) is 0 Å². The van der Waals surface area contributed by atoms with Gasteiger partial charge in [0.25, 0.3) is 0 Å². The zero-order valence-electron chi connectivity index (χ0n) is 17.9. The molecule has 4 nitrogen and oxygen atoms in total. The molecule has 4 saturated carbocycles. The quantitative estimate of drug-likeness (QED) is 0.659. The van der Waals surface area contributed by atoms with Crippen LogP contribution in [0.5, 0.6) is 0 Å². The Balaban J connectivity index is 1.56. The summed E-state index contributed by atoms with van der Waals surface area (Å²) in [6.07, 6.45) is 9.26. The van der Waals surface area contributed by atoms with Gasteiger partial charge in [-0.3, -0.25) is 4.79 Å². The molecule has 0 spiro atoms. The van der Waals surface area contributed by atoms with Crippen LogP contribution in [0.4, 0.5) is 0 Å². The number of rotatable bonds is 4. The van der Waals surface area contributed by atoms with E-state index < -0.39 is 5.97 Å². The van der Waals surface area contributed by atoms with Crippen LogP contribution in [0.1, 0.15) is 85.0 Å². The SMILES string of the molecule is C[C@H](CCC(=O)O)[C@@H]1CC[C@@H]2[C@@H]3CC[C@H]4C[C@@H](O)CC[C@]4(C)[C@H]3C[C@@H](O)[C@@]21C. The molecule has 0 radical (unpaired) electrons. The molecule has 0 bridgehead atoms. The van der Waals surface area contributed by atoms with Crippen molar-refractivity contribution in [1.82, 2.24) is 0 Å². The van der Waals surface area contributed by atoms with Crippen molar-refractivity contribution in [2.45, 2.75) is 97.2 Å². The van der Waals surface area contributed by atoms with Gasteiger partial charge in [-0.25, -0.2) is 0 Å². The van der Waals surface area contributed by atoms with Crippen LogP contribution in [-0.4, -0.2) is 33.5 Å². The van der Waals surface area contributed by atoms with Crippen LogP contribution in [-0.2, 0) is 4.79 Å². The first-order chi connectivity index (χ1) is 13.2.